The van der Waals surface area contributed by atoms with Gasteiger partial charge in [0.2, 0.25) is 5.91 Å². The van der Waals surface area contributed by atoms with E-state index in [0.717, 1.165) is 0 Å². The zero-order valence-corrected chi connectivity index (χ0v) is 16.7. The number of nitrogens with one attached hydrogen (secondary N) is 1. The highest BCUT2D eigenvalue weighted by Gasteiger charge is 2.29. The van der Waals surface area contributed by atoms with Crippen molar-refractivity contribution in [2.24, 2.45) is 5.92 Å². The highest BCUT2D eigenvalue weighted by atomic mass is 19.1. The molecule has 0 aliphatic rings. The van der Waals surface area contributed by atoms with Gasteiger partial charge in [0.25, 0.3) is 5.91 Å². The normalized spacial score (nSPS) is 11.8. The van der Waals surface area contributed by atoms with Crippen molar-refractivity contribution in [3.8, 4) is 5.75 Å². The lowest BCUT2D eigenvalue weighted by molar-refractivity contribution is -0.121. The summed E-state index contributed by atoms with van der Waals surface area (Å²) in [7, 11) is 0. The van der Waals surface area contributed by atoms with Crippen LogP contribution >= 0.6 is 0 Å². The topological polar surface area (TPSA) is 58.6 Å². The van der Waals surface area contributed by atoms with Gasteiger partial charge in [0.15, 0.2) is 0 Å². The van der Waals surface area contributed by atoms with Crippen LogP contribution < -0.4 is 15.0 Å². The Bertz CT molecular complexity index is 788. The first kappa shape index (κ1) is 21.4. The van der Waals surface area contributed by atoms with Crippen LogP contribution in [0.2, 0.25) is 0 Å². The van der Waals surface area contributed by atoms with Gasteiger partial charge >= 0.3 is 0 Å². The molecule has 2 aromatic carbocycles. The third-order valence-corrected chi connectivity index (χ3v) is 4.37. The van der Waals surface area contributed by atoms with Gasteiger partial charge in [0.05, 0.1) is 6.61 Å². The smallest absolute Gasteiger partial charge is 0.251 e. The molecule has 1 unspecified atom stereocenters. The van der Waals surface area contributed by atoms with Crippen LogP contribution in [0.3, 0.4) is 0 Å². The lowest BCUT2D eigenvalue weighted by Gasteiger charge is -2.29. The van der Waals surface area contributed by atoms with Crippen LogP contribution in [0.1, 0.15) is 38.1 Å². The number of benzene rings is 2. The van der Waals surface area contributed by atoms with Gasteiger partial charge in [-0.2, -0.15) is 0 Å². The molecule has 5 nitrogen and oxygen atoms in total. The summed E-state index contributed by atoms with van der Waals surface area (Å²) in [4.78, 5) is 27.3. The molecule has 0 spiro atoms. The fraction of sp³-hybridized carbons (Fsp3) is 0.364. The number of carbonyl (C=O) groups excluding carboxylic acids is 2. The Balaban J connectivity index is 2.17. The summed E-state index contributed by atoms with van der Waals surface area (Å²) in [6, 6.07) is 11.8. The first-order valence-electron chi connectivity index (χ1n) is 9.48. The Morgan fingerprint density at radius 2 is 1.64 bits per heavy atom. The summed E-state index contributed by atoms with van der Waals surface area (Å²) in [6.07, 6.45) is 0. The molecule has 0 bridgehead atoms. The molecule has 0 aliphatic heterocycles. The molecule has 0 heterocycles. The maximum Gasteiger partial charge on any atom is 0.251 e. The molecule has 0 fully saturated rings. The van der Waals surface area contributed by atoms with Crippen LogP contribution in [0.15, 0.2) is 48.5 Å². The first-order chi connectivity index (χ1) is 13.4. The van der Waals surface area contributed by atoms with E-state index in [2.05, 4.69) is 5.32 Å². The standard InChI is InChI=1S/C22H27FN2O3/c1-5-25(18-11-9-17(23)10-12-18)22(27)20(15(3)4)24-21(26)16-7-13-19(14-8-16)28-6-2/h7-15,20H,5-6H2,1-4H3,(H,24,26). The van der Waals surface area contributed by atoms with E-state index in [4.69, 9.17) is 4.74 Å². The monoisotopic (exact) mass is 386 g/mol. The number of nitrogens with zero attached hydrogens (tertiary/aromatic N) is 1. The van der Waals surface area contributed by atoms with E-state index in [1.54, 1.807) is 41.3 Å². The molecule has 28 heavy (non-hydrogen) atoms. The van der Waals surface area contributed by atoms with E-state index in [9.17, 15) is 14.0 Å². The van der Waals surface area contributed by atoms with Crippen LogP contribution in [0.5, 0.6) is 5.75 Å². The predicted octanol–water partition coefficient (Wildman–Crippen LogP) is 4.03. The number of ether oxygens (including phenoxy) is 1. The van der Waals surface area contributed by atoms with Crippen molar-refractivity contribution in [3.63, 3.8) is 0 Å². The van der Waals surface area contributed by atoms with E-state index < -0.39 is 6.04 Å². The highest BCUT2D eigenvalue weighted by Crippen LogP contribution is 2.18. The van der Waals surface area contributed by atoms with Crippen LogP contribution in [0, 0.1) is 11.7 Å². The fourth-order valence-corrected chi connectivity index (χ4v) is 2.86. The molecule has 2 aromatic rings. The molecular weight excluding hydrogens is 359 g/mol. The second kappa shape index (κ2) is 9.88. The Labute approximate surface area is 165 Å². The summed E-state index contributed by atoms with van der Waals surface area (Å²) in [5.41, 5.74) is 1.04. The van der Waals surface area contributed by atoms with Gasteiger partial charge in [0, 0.05) is 17.8 Å². The van der Waals surface area contributed by atoms with Crippen LogP contribution in [-0.2, 0) is 4.79 Å². The lowest BCUT2D eigenvalue weighted by atomic mass is 10.0. The number of rotatable bonds is 8. The van der Waals surface area contributed by atoms with E-state index >= 15 is 0 Å². The number of likely N-dealkylation sites (N-methyl/N-ethyl adjacent to an activating group) is 1. The Hall–Kier alpha value is -2.89. The minimum Gasteiger partial charge on any atom is -0.494 e. The molecule has 0 saturated carbocycles. The predicted molar refractivity (Wildman–Crippen MR) is 108 cm³/mol. The van der Waals surface area contributed by atoms with Crippen LogP contribution in [0.25, 0.3) is 0 Å². The van der Waals surface area contributed by atoms with E-state index in [0.29, 0.717) is 30.2 Å². The van der Waals surface area contributed by atoms with Crippen molar-refractivity contribution in [2.45, 2.75) is 33.7 Å². The molecule has 1 N–H and O–H groups in total. The summed E-state index contributed by atoms with van der Waals surface area (Å²) in [5.74, 6) is -0.359. The van der Waals surface area contributed by atoms with E-state index in [1.807, 2.05) is 27.7 Å². The fourth-order valence-electron chi connectivity index (χ4n) is 2.86. The molecule has 0 aromatic heterocycles. The molecule has 150 valence electrons. The summed E-state index contributed by atoms with van der Waals surface area (Å²) in [5, 5.41) is 2.83. The van der Waals surface area contributed by atoms with Gasteiger partial charge in [-0.1, -0.05) is 13.8 Å². The van der Waals surface area contributed by atoms with Crippen molar-refractivity contribution in [2.75, 3.05) is 18.1 Å². The Morgan fingerprint density at radius 1 is 1.04 bits per heavy atom. The van der Waals surface area contributed by atoms with Gasteiger partial charge in [-0.25, -0.2) is 4.39 Å². The van der Waals surface area contributed by atoms with Crippen LogP contribution in [-0.4, -0.2) is 31.0 Å². The van der Waals surface area contributed by atoms with Gasteiger partial charge < -0.3 is 15.0 Å². The zero-order chi connectivity index (χ0) is 20.7. The van der Waals surface area contributed by atoms with Gasteiger partial charge in [-0.15, -0.1) is 0 Å². The molecule has 6 heteroatoms. The molecule has 2 amide bonds. The van der Waals surface area contributed by atoms with Crippen molar-refractivity contribution in [3.05, 3.63) is 59.9 Å². The quantitative estimate of drug-likeness (QED) is 0.745. The summed E-state index contributed by atoms with van der Waals surface area (Å²) < 4.78 is 18.6. The average Bonchev–Trinajstić information content (AvgIpc) is 2.68. The largest absolute Gasteiger partial charge is 0.494 e. The third-order valence-electron chi connectivity index (χ3n) is 4.37. The van der Waals surface area contributed by atoms with Crippen molar-refractivity contribution < 1.29 is 18.7 Å². The minimum absolute atomic E-state index is 0.117. The summed E-state index contributed by atoms with van der Waals surface area (Å²) >= 11 is 0. The molecule has 0 aliphatic carbocycles. The molecule has 1 atom stereocenters. The van der Waals surface area contributed by atoms with E-state index in [-0.39, 0.29) is 23.5 Å². The zero-order valence-electron chi connectivity index (χ0n) is 16.7. The Morgan fingerprint density at radius 3 is 2.14 bits per heavy atom. The average molecular weight is 386 g/mol. The van der Waals surface area contributed by atoms with Crippen molar-refractivity contribution >= 4 is 17.5 Å². The number of carbonyl (C=O) groups is 2. The molecule has 2 rings (SSSR count). The van der Waals surface area contributed by atoms with E-state index in [1.165, 1.54) is 12.1 Å². The lowest BCUT2D eigenvalue weighted by Crippen LogP contribution is -2.51. The van der Waals surface area contributed by atoms with Gasteiger partial charge in [-0.3, -0.25) is 9.59 Å². The van der Waals surface area contributed by atoms with Crippen molar-refractivity contribution in [1.29, 1.82) is 0 Å². The maximum atomic E-state index is 13.2. The SMILES string of the molecule is CCOc1ccc(C(=O)NC(C(=O)N(CC)c2ccc(F)cc2)C(C)C)cc1. The number of hydrogen-bond donors (Lipinski definition) is 1. The third kappa shape index (κ3) is 5.31. The number of halogens is 1. The summed E-state index contributed by atoms with van der Waals surface area (Å²) in [6.45, 7) is 8.43. The highest BCUT2D eigenvalue weighted by molar-refractivity contribution is 6.02. The first-order valence-corrected chi connectivity index (χ1v) is 9.48. The van der Waals surface area contributed by atoms with Crippen LogP contribution in [0.4, 0.5) is 10.1 Å². The number of hydrogen-bond acceptors (Lipinski definition) is 3. The second-order valence-corrected chi connectivity index (χ2v) is 6.71. The van der Waals surface area contributed by atoms with Gasteiger partial charge in [-0.05, 0) is 68.3 Å². The van der Waals surface area contributed by atoms with Gasteiger partial charge in [0.1, 0.15) is 17.6 Å². The number of anilines is 1. The number of amides is 2. The van der Waals surface area contributed by atoms with Crippen molar-refractivity contribution in [1.82, 2.24) is 5.32 Å². The molecular formula is C22H27FN2O3. The Kier molecular flexibility index (Phi) is 7.55. The maximum absolute atomic E-state index is 13.2. The molecule has 0 radical (unpaired) electrons. The molecule has 0 saturated heterocycles. The minimum atomic E-state index is -0.705. The second-order valence-electron chi connectivity index (χ2n) is 6.71.